The monoisotopic (exact) mass is 311 g/mol. The van der Waals surface area contributed by atoms with Gasteiger partial charge in [-0.25, -0.2) is 8.42 Å². The second-order valence-electron chi connectivity index (χ2n) is 4.06. The van der Waals surface area contributed by atoms with E-state index in [1.807, 2.05) is 0 Å². The van der Waals surface area contributed by atoms with Crippen molar-refractivity contribution >= 4 is 33.2 Å². The zero-order valence-corrected chi connectivity index (χ0v) is 11.5. The number of benzene rings is 1. The quantitative estimate of drug-likeness (QED) is 0.843. The number of aliphatic hydroxyl groups is 2. The molecule has 8 heteroatoms. The van der Waals surface area contributed by atoms with E-state index in [2.05, 4.69) is 0 Å². The van der Waals surface area contributed by atoms with E-state index >= 15 is 0 Å². The first kappa shape index (κ1) is 14.0. The predicted octanol–water partition coefficient (Wildman–Crippen LogP) is 0.720. The lowest BCUT2D eigenvalue weighted by Crippen LogP contribution is -2.30. The fourth-order valence-corrected chi connectivity index (χ4v) is 3.96. The SMILES string of the molecule is O=S(=O)(c1cc(Cl)cc(Cl)c1)N1CC(O)C(O)C1. The van der Waals surface area contributed by atoms with Crippen molar-refractivity contribution in [3.63, 3.8) is 0 Å². The summed E-state index contributed by atoms with van der Waals surface area (Å²) >= 11 is 11.5. The van der Waals surface area contributed by atoms with Crippen molar-refractivity contribution in [1.82, 2.24) is 4.31 Å². The van der Waals surface area contributed by atoms with Gasteiger partial charge in [0.1, 0.15) is 0 Å². The molecule has 2 unspecified atom stereocenters. The molecule has 0 amide bonds. The van der Waals surface area contributed by atoms with Gasteiger partial charge in [-0.15, -0.1) is 0 Å². The van der Waals surface area contributed by atoms with Gasteiger partial charge < -0.3 is 10.2 Å². The highest BCUT2D eigenvalue weighted by atomic mass is 35.5. The van der Waals surface area contributed by atoms with E-state index < -0.39 is 22.2 Å². The Morgan fingerprint density at radius 2 is 1.50 bits per heavy atom. The Morgan fingerprint density at radius 1 is 1.06 bits per heavy atom. The third-order valence-electron chi connectivity index (χ3n) is 2.70. The minimum atomic E-state index is -3.81. The maximum absolute atomic E-state index is 12.2. The van der Waals surface area contributed by atoms with Crippen molar-refractivity contribution in [3.05, 3.63) is 28.2 Å². The summed E-state index contributed by atoms with van der Waals surface area (Å²) in [5, 5.41) is 19.2. The summed E-state index contributed by atoms with van der Waals surface area (Å²) in [6.45, 7) is -0.290. The number of rotatable bonds is 2. The lowest BCUT2D eigenvalue weighted by Gasteiger charge is -2.15. The molecule has 5 nitrogen and oxygen atoms in total. The molecule has 2 atom stereocenters. The van der Waals surface area contributed by atoms with Crippen LogP contribution in [0.5, 0.6) is 0 Å². The third kappa shape index (κ3) is 2.64. The van der Waals surface area contributed by atoms with Gasteiger partial charge in [-0.05, 0) is 18.2 Å². The summed E-state index contributed by atoms with van der Waals surface area (Å²) < 4.78 is 25.4. The number of aliphatic hydroxyl groups excluding tert-OH is 2. The lowest BCUT2D eigenvalue weighted by molar-refractivity contribution is 0.0572. The Bertz CT molecular complexity index is 533. The van der Waals surface area contributed by atoms with Crippen molar-refractivity contribution in [2.24, 2.45) is 0 Å². The van der Waals surface area contributed by atoms with Crippen LogP contribution in [-0.2, 0) is 10.0 Å². The molecule has 0 bridgehead atoms. The summed E-state index contributed by atoms with van der Waals surface area (Å²) in [6, 6.07) is 3.98. The maximum Gasteiger partial charge on any atom is 0.243 e. The van der Waals surface area contributed by atoms with Crippen LogP contribution >= 0.6 is 23.2 Å². The van der Waals surface area contributed by atoms with Gasteiger partial charge in [-0.3, -0.25) is 0 Å². The Balaban J connectivity index is 2.37. The molecule has 2 rings (SSSR count). The van der Waals surface area contributed by atoms with Gasteiger partial charge in [-0.2, -0.15) is 4.31 Å². The van der Waals surface area contributed by atoms with Crippen LogP contribution in [0.25, 0.3) is 0 Å². The number of nitrogens with zero attached hydrogens (tertiary/aromatic N) is 1. The molecule has 2 N–H and O–H groups in total. The highest BCUT2D eigenvalue weighted by Gasteiger charge is 2.37. The standard InChI is InChI=1S/C10H11Cl2NO4S/c11-6-1-7(12)3-8(2-6)18(16,17)13-4-9(14)10(15)5-13/h1-3,9-10,14-15H,4-5H2. The third-order valence-corrected chi connectivity index (χ3v) is 4.95. The van der Waals surface area contributed by atoms with E-state index in [1.165, 1.54) is 18.2 Å². The second kappa shape index (κ2) is 4.96. The number of halogens is 2. The Kier molecular flexibility index (Phi) is 3.87. The molecule has 0 saturated carbocycles. The molecular weight excluding hydrogens is 301 g/mol. The Hall–Kier alpha value is -0.370. The zero-order chi connectivity index (χ0) is 13.5. The maximum atomic E-state index is 12.2. The number of β-amino-alcohol motifs (C(OH)–C–C–N with tert-alkyl or cyclic N) is 2. The van der Waals surface area contributed by atoms with Crippen LogP contribution in [-0.4, -0.2) is 48.2 Å². The van der Waals surface area contributed by atoms with Gasteiger partial charge in [0.15, 0.2) is 0 Å². The average molecular weight is 312 g/mol. The highest BCUT2D eigenvalue weighted by Crippen LogP contribution is 2.26. The topological polar surface area (TPSA) is 77.8 Å². The highest BCUT2D eigenvalue weighted by molar-refractivity contribution is 7.89. The first-order valence-corrected chi connectivity index (χ1v) is 7.32. The fourth-order valence-electron chi connectivity index (χ4n) is 1.76. The van der Waals surface area contributed by atoms with Crippen LogP contribution in [0.1, 0.15) is 0 Å². The number of hydrogen-bond donors (Lipinski definition) is 2. The number of sulfonamides is 1. The molecule has 1 aromatic rings. The first-order chi connectivity index (χ1) is 8.30. The van der Waals surface area contributed by atoms with Gasteiger partial charge in [0.2, 0.25) is 10.0 Å². The molecular formula is C10H11Cl2NO4S. The van der Waals surface area contributed by atoms with Gasteiger partial charge in [0.05, 0.1) is 17.1 Å². The molecule has 100 valence electrons. The van der Waals surface area contributed by atoms with E-state index in [9.17, 15) is 18.6 Å². The van der Waals surface area contributed by atoms with Crippen molar-refractivity contribution in [1.29, 1.82) is 0 Å². The largest absolute Gasteiger partial charge is 0.389 e. The Morgan fingerprint density at radius 3 is 1.94 bits per heavy atom. The molecule has 0 spiro atoms. The molecule has 1 aliphatic rings. The summed E-state index contributed by atoms with van der Waals surface area (Å²) in [5.74, 6) is 0. The van der Waals surface area contributed by atoms with Crippen LogP contribution in [0.4, 0.5) is 0 Å². The molecule has 1 heterocycles. The Labute approximate surface area is 115 Å². The van der Waals surface area contributed by atoms with Crippen molar-refractivity contribution in [2.75, 3.05) is 13.1 Å². The minimum absolute atomic E-state index is 0.0544. The van der Waals surface area contributed by atoms with Crippen LogP contribution < -0.4 is 0 Å². The summed E-state index contributed by atoms with van der Waals surface area (Å²) in [4.78, 5) is -0.0544. The van der Waals surface area contributed by atoms with E-state index in [0.29, 0.717) is 0 Å². The van der Waals surface area contributed by atoms with Gasteiger partial charge >= 0.3 is 0 Å². The molecule has 1 aromatic carbocycles. The minimum Gasteiger partial charge on any atom is -0.389 e. The molecule has 0 aromatic heterocycles. The summed E-state index contributed by atoms with van der Waals surface area (Å²) in [6.07, 6.45) is -2.15. The molecule has 1 aliphatic heterocycles. The van der Waals surface area contributed by atoms with E-state index in [0.717, 1.165) is 4.31 Å². The lowest BCUT2D eigenvalue weighted by atomic mass is 10.3. The normalized spacial score (nSPS) is 25.6. The van der Waals surface area contributed by atoms with Crippen molar-refractivity contribution in [2.45, 2.75) is 17.1 Å². The van der Waals surface area contributed by atoms with E-state index in [-0.39, 0.29) is 28.0 Å². The van der Waals surface area contributed by atoms with Crippen molar-refractivity contribution < 1.29 is 18.6 Å². The van der Waals surface area contributed by atoms with Gasteiger partial charge in [-0.1, -0.05) is 23.2 Å². The molecule has 1 fully saturated rings. The fraction of sp³-hybridized carbons (Fsp3) is 0.400. The van der Waals surface area contributed by atoms with Crippen molar-refractivity contribution in [3.8, 4) is 0 Å². The smallest absolute Gasteiger partial charge is 0.243 e. The molecule has 1 saturated heterocycles. The predicted molar refractivity (Wildman–Crippen MR) is 67.2 cm³/mol. The van der Waals surface area contributed by atoms with Gasteiger partial charge in [0.25, 0.3) is 0 Å². The average Bonchev–Trinajstić information content (AvgIpc) is 2.58. The summed E-state index contributed by atoms with van der Waals surface area (Å²) in [5.41, 5.74) is 0. The van der Waals surface area contributed by atoms with Crippen LogP contribution in [0.15, 0.2) is 23.1 Å². The first-order valence-electron chi connectivity index (χ1n) is 5.13. The molecule has 18 heavy (non-hydrogen) atoms. The van der Waals surface area contributed by atoms with E-state index in [4.69, 9.17) is 23.2 Å². The van der Waals surface area contributed by atoms with E-state index in [1.54, 1.807) is 0 Å². The van der Waals surface area contributed by atoms with Crippen LogP contribution in [0.3, 0.4) is 0 Å². The van der Waals surface area contributed by atoms with Crippen LogP contribution in [0.2, 0.25) is 10.0 Å². The van der Waals surface area contributed by atoms with Gasteiger partial charge in [0, 0.05) is 23.1 Å². The zero-order valence-electron chi connectivity index (χ0n) is 9.12. The summed E-state index contributed by atoms with van der Waals surface area (Å²) in [7, 11) is -3.81. The van der Waals surface area contributed by atoms with Crippen LogP contribution in [0, 0.1) is 0 Å². The molecule has 0 aliphatic carbocycles. The second-order valence-corrected chi connectivity index (χ2v) is 6.87. The number of hydrogen-bond acceptors (Lipinski definition) is 4. The molecule has 0 radical (unpaired) electrons.